The van der Waals surface area contributed by atoms with Crippen LogP contribution in [0.2, 0.25) is 0 Å². The first-order valence-corrected chi connectivity index (χ1v) is 8.59. The van der Waals surface area contributed by atoms with Crippen molar-refractivity contribution in [2.45, 2.75) is 26.2 Å². The number of anilines is 1. The Morgan fingerprint density at radius 3 is 2.70 bits per heavy atom. The number of piperidine rings is 1. The number of aryl methyl sites for hydroxylation is 1. The van der Waals surface area contributed by atoms with E-state index in [4.69, 9.17) is 0 Å². The van der Waals surface area contributed by atoms with Crippen LogP contribution in [0.5, 0.6) is 0 Å². The van der Waals surface area contributed by atoms with Gasteiger partial charge >= 0.3 is 0 Å². The van der Waals surface area contributed by atoms with Crippen LogP contribution in [0.25, 0.3) is 0 Å². The standard InChI is InChI=1S/C14H21FN2O2S/c1-11-3-2-4-13(15)14(11)17-20(18,19)10-7-12-5-8-16-9-6-12/h2-4,12,16-17H,5-10H2,1H3. The minimum atomic E-state index is -3.49. The largest absolute Gasteiger partial charge is 0.317 e. The topological polar surface area (TPSA) is 58.2 Å². The molecule has 0 bridgehead atoms. The average Bonchev–Trinajstić information content (AvgIpc) is 2.42. The zero-order valence-corrected chi connectivity index (χ0v) is 12.5. The molecule has 1 heterocycles. The Labute approximate surface area is 119 Å². The monoisotopic (exact) mass is 300 g/mol. The third-order valence-corrected chi connectivity index (χ3v) is 5.02. The molecular formula is C14H21FN2O2S. The maximum atomic E-state index is 13.6. The van der Waals surface area contributed by atoms with Gasteiger partial charge in [0.1, 0.15) is 5.82 Å². The zero-order valence-electron chi connectivity index (χ0n) is 11.7. The van der Waals surface area contributed by atoms with Gasteiger partial charge in [0.25, 0.3) is 0 Å². The fraction of sp³-hybridized carbons (Fsp3) is 0.571. The molecular weight excluding hydrogens is 279 g/mol. The van der Waals surface area contributed by atoms with Crippen LogP contribution in [0.1, 0.15) is 24.8 Å². The molecule has 0 aliphatic carbocycles. The molecule has 0 spiro atoms. The molecule has 112 valence electrons. The van der Waals surface area contributed by atoms with Crippen molar-refractivity contribution in [2.75, 3.05) is 23.6 Å². The van der Waals surface area contributed by atoms with Crippen LogP contribution in [-0.2, 0) is 10.0 Å². The molecule has 1 aromatic carbocycles. The second-order valence-electron chi connectivity index (χ2n) is 5.33. The van der Waals surface area contributed by atoms with Crippen LogP contribution < -0.4 is 10.0 Å². The molecule has 1 fully saturated rings. The molecule has 20 heavy (non-hydrogen) atoms. The molecule has 1 saturated heterocycles. The number of halogens is 1. The second-order valence-corrected chi connectivity index (χ2v) is 7.18. The molecule has 2 N–H and O–H groups in total. The van der Waals surface area contributed by atoms with Crippen LogP contribution in [-0.4, -0.2) is 27.3 Å². The van der Waals surface area contributed by atoms with Crippen LogP contribution in [0.4, 0.5) is 10.1 Å². The minimum Gasteiger partial charge on any atom is -0.317 e. The molecule has 4 nitrogen and oxygen atoms in total. The molecule has 2 rings (SSSR count). The van der Waals surface area contributed by atoms with E-state index in [1.165, 1.54) is 6.07 Å². The van der Waals surface area contributed by atoms with Gasteiger partial charge in [-0.1, -0.05) is 12.1 Å². The van der Waals surface area contributed by atoms with Crippen molar-refractivity contribution < 1.29 is 12.8 Å². The molecule has 1 aliphatic rings. The van der Waals surface area contributed by atoms with E-state index in [0.717, 1.165) is 25.9 Å². The van der Waals surface area contributed by atoms with Gasteiger partial charge in [0, 0.05) is 0 Å². The fourth-order valence-electron chi connectivity index (χ4n) is 2.46. The molecule has 0 amide bonds. The summed E-state index contributed by atoms with van der Waals surface area (Å²) in [5, 5.41) is 3.25. The highest BCUT2D eigenvalue weighted by Crippen LogP contribution is 2.22. The highest BCUT2D eigenvalue weighted by atomic mass is 32.2. The van der Waals surface area contributed by atoms with Crippen molar-refractivity contribution in [3.63, 3.8) is 0 Å². The Balaban J connectivity index is 1.96. The van der Waals surface area contributed by atoms with Crippen molar-refractivity contribution in [1.29, 1.82) is 0 Å². The number of sulfonamides is 1. The molecule has 1 aromatic rings. The van der Waals surface area contributed by atoms with Crippen molar-refractivity contribution >= 4 is 15.7 Å². The lowest BCUT2D eigenvalue weighted by Gasteiger charge is -2.22. The summed E-state index contributed by atoms with van der Waals surface area (Å²) in [6.07, 6.45) is 2.65. The Bertz CT molecular complexity index is 534. The summed E-state index contributed by atoms with van der Waals surface area (Å²) in [7, 11) is -3.49. The third-order valence-electron chi connectivity index (χ3n) is 3.73. The second kappa shape index (κ2) is 6.54. The summed E-state index contributed by atoms with van der Waals surface area (Å²) >= 11 is 0. The van der Waals surface area contributed by atoms with Crippen LogP contribution in [0.15, 0.2) is 18.2 Å². The molecule has 0 atom stereocenters. The summed E-state index contributed by atoms with van der Waals surface area (Å²) in [5.41, 5.74) is 0.660. The van der Waals surface area contributed by atoms with Gasteiger partial charge < -0.3 is 5.32 Å². The predicted molar refractivity (Wildman–Crippen MR) is 78.8 cm³/mol. The van der Waals surface area contributed by atoms with Crippen LogP contribution in [0, 0.1) is 18.7 Å². The summed E-state index contributed by atoms with van der Waals surface area (Å²) < 4.78 is 40.1. The van der Waals surface area contributed by atoms with Gasteiger partial charge in [0.2, 0.25) is 10.0 Å². The quantitative estimate of drug-likeness (QED) is 0.877. The van der Waals surface area contributed by atoms with E-state index in [1.54, 1.807) is 19.1 Å². The number of benzene rings is 1. The lowest BCUT2D eigenvalue weighted by atomic mass is 9.96. The first kappa shape index (κ1) is 15.3. The van der Waals surface area contributed by atoms with Crippen LogP contribution >= 0.6 is 0 Å². The maximum absolute atomic E-state index is 13.6. The van der Waals surface area contributed by atoms with Crippen molar-refractivity contribution in [3.8, 4) is 0 Å². The SMILES string of the molecule is Cc1cccc(F)c1NS(=O)(=O)CCC1CCNCC1. The number of hydrogen-bond donors (Lipinski definition) is 2. The first-order valence-electron chi connectivity index (χ1n) is 6.94. The lowest BCUT2D eigenvalue weighted by Crippen LogP contribution is -2.29. The summed E-state index contributed by atoms with van der Waals surface area (Å²) in [6.45, 7) is 3.59. The van der Waals surface area contributed by atoms with E-state index in [0.29, 0.717) is 17.9 Å². The molecule has 0 saturated carbocycles. The van der Waals surface area contributed by atoms with Gasteiger partial charge in [0.05, 0.1) is 11.4 Å². The van der Waals surface area contributed by atoms with Gasteiger partial charge in [-0.2, -0.15) is 0 Å². The Hall–Kier alpha value is -1.14. The summed E-state index contributed by atoms with van der Waals surface area (Å²) in [5.74, 6) is -0.0455. The third kappa shape index (κ3) is 4.18. The highest BCUT2D eigenvalue weighted by molar-refractivity contribution is 7.92. The number of hydrogen-bond acceptors (Lipinski definition) is 3. The molecule has 6 heteroatoms. The summed E-state index contributed by atoms with van der Waals surface area (Å²) in [6, 6.07) is 4.52. The van der Waals surface area contributed by atoms with E-state index < -0.39 is 15.8 Å². The Kier molecular flexibility index (Phi) is 4.99. The molecule has 1 aliphatic heterocycles. The molecule has 0 unspecified atom stereocenters. The number of para-hydroxylation sites is 1. The first-order chi connectivity index (χ1) is 9.48. The van der Waals surface area contributed by atoms with Gasteiger partial charge in [-0.3, -0.25) is 4.72 Å². The Morgan fingerprint density at radius 2 is 2.05 bits per heavy atom. The van der Waals surface area contributed by atoms with Crippen molar-refractivity contribution in [3.05, 3.63) is 29.6 Å². The normalized spacial score (nSPS) is 17.1. The summed E-state index contributed by atoms with van der Waals surface area (Å²) in [4.78, 5) is 0. The van der Waals surface area contributed by atoms with Gasteiger partial charge in [0.15, 0.2) is 0 Å². The van der Waals surface area contributed by atoms with E-state index in [9.17, 15) is 12.8 Å². The van der Waals surface area contributed by atoms with E-state index in [-0.39, 0.29) is 11.4 Å². The van der Waals surface area contributed by atoms with E-state index >= 15 is 0 Å². The highest BCUT2D eigenvalue weighted by Gasteiger charge is 2.19. The van der Waals surface area contributed by atoms with Gasteiger partial charge in [-0.25, -0.2) is 12.8 Å². The van der Waals surface area contributed by atoms with Crippen LogP contribution in [0.3, 0.4) is 0 Å². The number of rotatable bonds is 5. The smallest absolute Gasteiger partial charge is 0.232 e. The van der Waals surface area contributed by atoms with E-state index in [2.05, 4.69) is 10.0 Å². The minimum absolute atomic E-state index is 0.0471. The van der Waals surface area contributed by atoms with Gasteiger partial charge in [-0.15, -0.1) is 0 Å². The molecule has 0 aromatic heterocycles. The zero-order chi connectivity index (χ0) is 14.6. The van der Waals surface area contributed by atoms with Crippen molar-refractivity contribution in [2.24, 2.45) is 5.92 Å². The molecule has 0 radical (unpaired) electrons. The van der Waals surface area contributed by atoms with Crippen molar-refractivity contribution in [1.82, 2.24) is 5.32 Å². The van der Waals surface area contributed by atoms with E-state index in [1.807, 2.05) is 0 Å². The lowest BCUT2D eigenvalue weighted by molar-refractivity contribution is 0.365. The van der Waals surface area contributed by atoms with Gasteiger partial charge in [-0.05, 0) is 56.8 Å². The Morgan fingerprint density at radius 1 is 1.35 bits per heavy atom. The average molecular weight is 300 g/mol. The number of nitrogens with one attached hydrogen (secondary N) is 2. The predicted octanol–water partition coefficient (Wildman–Crippen LogP) is 2.27. The maximum Gasteiger partial charge on any atom is 0.232 e. The fourth-order valence-corrected chi connectivity index (χ4v) is 3.78.